The molecule has 0 spiro atoms. The van der Waals surface area contributed by atoms with E-state index in [-0.39, 0.29) is 18.1 Å². The molecule has 0 aliphatic carbocycles. The average Bonchev–Trinajstić information content (AvgIpc) is 2.83. The molecule has 2 aromatic rings. The van der Waals surface area contributed by atoms with E-state index >= 15 is 0 Å². The maximum atomic E-state index is 9.83. The van der Waals surface area contributed by atoms with Gasteiger partial charge in [-0.3, -0.25) is 0 Å². The van der Waals surface area contributed by atoms with Gasteiger partial charge in [0.05, 0.1) is 19.3 Å². The molecule has 27 heavy (non-hydrogen) atoms. The summed E-state index contributed by atoms with van der Waals surface area (Å²) in [7, 11) is 0.417. The van der Waals surface area contributed by atoms with Crippen LogP contribution in [0.5, 0.6) is 11.5 Å². The number of ether oxygens (including phenoxy) is 2. The van der Waals surface area contributed by atoms with Gasteiger partial charge in [0.15, 0.2) is 9.04 Å². The van der Waals surface area contributed by atoms with Crippen LogP contribution in [-0.2, 0) is 16.4 Å². The van der Waals surface area contributed by atoms with Crippen molar-refractivity contribution in [2.75, 3.05) is 7.11 Å². The molecule has 0 aromatic heterocycles. The smallest absolute Gasteiger partial charge is 0.172 e. The third kappa shape index (κ3) is 3.48. The fourth-order valence-corrected chi connectivity index (χ4v) is 4.94. The van der Waals surface area contributed by atoms with E-state index in [0.29, 0.717) is 0 Å². The second kappa shape index (κ2) is 6.80. The van der Waals surface area contributed by atoms with E-state index in [0.717, 1.165) is 33.4 Å². The number of hydrogen-bond donors (Lipinski definition) is 1. The Kier molecular flexibility index (Phi) is 5.08. The Morgan fingerprint density at radius 1 is 1.15 bits per heavy atom. The summed E-state index contributed by atoms with van der Waals surface area (Å²) in [6.07, 6.45) is -0.158. The minimum Gasteiger partial charge on any atom is -0.496 e. The molecular weight excluding hydrogens is 356 g/mol. The molecule has 4 nitrogen and oxygen atoms in total. The highest BCUT2D eigenvalue weighted by Gasteiger charge is 2.45. The van der Waals surface area contributed by atoms with Crippen molar-refractivity contribution in [1.82, 2.24) is 0 Å². The lowest BCUT2D eigenvalue weighted by molar-refractivity contribution is 0.0153. The third-order valence-corrected chi connectivity index (χ3v) is 5.96. The molecule has 0 amide bonds. The topological polar surface area (TPSA) is 47.9 Å². The molecule has 5 heteroatoms. The Morgan fingerprint density at radius 3 is 2.33 bits per heavy atom. The predicted molar refractivity (Wildman–Crippen MR) is 113 cm³/mol. The van der Waals surface area contributed by atoms with E-state index in [2.05, 4.69) is 59.8 Å². The van der Waals surface area contributed by atoms with Crippen LogP contribution in [0.1, 0.15) is 57.4 Å². The van der Waals surface area contributed by atoms with Crippen LogP contribution in [0.4, 0.5) is 0 Å². The molecule has 148 valence electrons. The molecule has 1 aliphatic rings. The number of methoxy groups -OCH3 is 1. The highest BCUT2D eigenvalue weighted by molar-refractivity contribution is 6.48. The second-order valence-electron chi connectivity index (χ2n) is 9.24. The molecule has 3 rings (SSSR count). The van der Waals surface area contributed by atoms with Crippen LogP contribution in [0.2, 0.25) is 13.1 Å². The standard InChI is InChI=1S/C22H32O4Si/c1-21(2,3)16-10-13(12-23)9-15-14(16)11-17(24-6)18-19(15)25-22(4,5)20(18)26-27(7)8/h9-11,20,23,27H,12H2,1-8H3. The van der Waals surface area contributed by atoms with Gasteiger partial charge in [0.2, 0.25) is 0 Å². The lowest BCUT2D eigenvalue weighted by Gasteiger charge is -2.28. The molecule has 0 bridgehead atoms. The number of benzene rings is 2. The quantitative estimate of drug-likeness (QED) is 0.761. The summed E-state index contributed by atoms with van der Waals surface area (Å²) in [6.45, 7) is 15.0. The van der Waals surface area contributed by atoms with Crippen LogP contribution in [-0.4, -0.2) is 26.9 Å². The first kappa shape index (κ1) is 20.2. The fourth-order valence-electron chi connectivity index (χ4n) is 3.93. The number of aliphatic hydroxyl groups is 1. The van der Waals surface area contributed by atoms with Crippen molar-refractivity contribution in [3.8, 4) is 11.5 Å². The Balaban J connectivity index is 2.39. The van der Waals surface area contributed by atoms with Crippen molar-refractivity contribution in [3.63, 3.8) is 0 Å². The van der Waals surface area contributed by atoms with E-state index in [4.69, 9.17) is 13.9 Å². The first-order chi connectivity index (χ1) is 12.5. The highest BCUT2D eigenvalue weighted by Crippen LogP contribution is 2.54. The minimum absolute atomic E-state index is 0.00204. The van der Waals surface area contributed by atoms with Gasteiger partial charge in [-0.05, 0) is 61.0 Å². The highest BCUT2D eigenvalue weighted by atomic mass is 28.3. The summed E-state index contributed by atoms with van der Waals surface area (Å²) in [5.74, 6) is 1.64. The van der Waals surface area contributed by atoms with Gasteiger partial charge in [0.1, 0.15) is 23.2 Å². The molecule has 1 unspecified atom stereocenters. The van der Waals surface area contributed by atoms with Crippen molar-refractivity contribution in [1.29, 1.82) is 0 Å². The number of fused-ring (bicyclic) bond motifs is 3. The van der Waals surface area contributed by atoms with Crippen LogP contribution in [0.3, 0.4) is 0 Å². The fraction of sp³-hybridized carbons (Fsp3) is 0.545. The van der Waals surface area contributed by atoms with Gasteiger partial charge >= 0.3 is 0 Å². The van der Waals surface area contributed by atoms with Crippen molar-refractivity contribution in [3.05, 3.63) is 34.9 Å². The van der Waals surface area contributed by atoms with Crippen molar-refractivity contribution in [2.24, 2.45) is 0 Å². The normalized spacial score (nSPS) is 18.7. The van der Waals surface area contributed by atoms with Gasteiger partial charge in [-0.15, -0.1) is 0 Å². The Hall–Kier alpha value is -1.56. The van der Waals surface area contributed by atoms with Crippen LogP contribution in [0, 0.1) is 0 Å². The Labute approximate surface area is 164 Å². The average molecular weight is 389 g/mol. The molecule has 1 heterocycles. The second-order valence-corrected chi connectivity index (χ2v) is 11.6. The molecule has 0 radical (unpaired) electrons. The van der Waals surface area contributed by atoms with Crippen LogP contribution >= 0.6 is 0 Å². The van der Waals surface area contributed by atoms with Gasteiger partial charge < -0.3 is 19.0 Å². The number of rotatable bonds is 4. The molecule has 0 saturated heterocycles. The number of aliphatic hydroxyl groups excluding tert-OH is 1. The zero-order valence-electron chi connectivity index (χ0n) is 17.8. The Morgan fingerprint density at radius 2 is 1.81 bits per heavy atom. The SMILES string of the molecule is COc1cc2c(C(C)(C)C)cc(CO)cc2c2c1C(O[SiH](C)C)C(C)(C)O2. The van der Waals surface area contributed by atoms with E-state index in [9.17, 15) is 5.11 Å². The van der Waals surface area contributed by atoms with Gasteiger partial charge in [0, 0.05) is 5.39 Å². The summed E-state index contributed by atoms with van der Waals surface area (Å²) in [5.41, 5.74) is 2.51. The Bertz CT molecular complexity index is 865. The van der Waals surface area contributed by atoms with E-state index in [1.807, 2.05) is 6.07 Å². The third-order valence-electron chi connectivity index (χ3n) is 5.15. The maximum absolute atomic E-state index is 9.83. The number of hydrogen-bond acceptors (Lipinski definition) is 4. The molecule has 1 atom stereocenters. The van der Waals surface area contributed by atoms with Crippen LogP contribution in [0.15, 0.2) is 18.2 Å². The maximum Gasteiger partial charge on any atom is 0.172 e. The first-order valence-electron chi connectivity index (χ1n) is 9.63. The van der Waals surface area contributed by atoms with Gasteiger partial charge in [0.25, 0.3) is 0 Å². The summed E-state index contributed by atoms with van der Waals surface area (Å²) in [4.78, 5) is 0. The lowest BCUT2D eigenvalue weighted by Crippen LogP contribution is -2.34. The minimum atomic E-state index is -1.29. The largest absolute Gasteiger partial charge is 0.496 e. The van der Waals surface area contributed by atoms with Gasteiger partial charge in [-0.1, -0.05) is 26.8 Å². The van der Waals surface area contributed by atoms with E-state index in [1.54, 1.807) is 7.11 Å². The molecular formula is C22H32O4Si. The van der Waals surface area contributed by atoms with Crippen molar-refractivity contribution in [2.45, 2.75) is 71.4 Å². The molecule has 1 N–H and O–H groups in total. The first-order valence-corrected chi connectivity index (χ1v) is 12.4. The van der Waals surface area contributed by atoms with Gasteiger partial charge in [-0.25, -0.2) is 0 Å². The summed E-state index contributed by atoms with van der Waals surface area (Å²) in [6, 6.07) is 6.23. The van der Waals surface area contributed by atoms with E-state index < -0.39 is 14.6 Å². The molecule has 2 aromatic carbocycles. The van der Waals surface area contributed by atoms with Crippen LogP contribution in [0.25, 0.3) is 10.8 Å². The zero-order valence-corrected chi connectivity index (χ0v) is 18.9. The van der Waals surface area contributed by atoms with Gasteiger partial charge in [-0.2, -0.15) is 0 Å². The monoisotopic (exact) mass is 388 g/mol. The van der Waals surface area contributed by atoms with Crippen molar-refractivity contribution >= 4 is 19.8 Å². The predicted octanol–water partition coefficient (Wildman–Crippen LogP) is 4.85. The lowest BCUT2D eigenvalue weighted by atomic mass is 9.81. The summed E-state index contributed by atoms with van der Waals surface area (Å²) >= 11 is 0. The molecule has 1 aliphatic heterocycles. The molecule has 0 saturated carbocycles. The van der Waals surface area contributed by atoms with E-state index in [1.165, 1.54) is 5.56 Å². The van der Waals surface area contributed by atoms with Crippen LogP contribution < -0.4 is 9.47 Å². The van der Waals surface area contributed by atoms with Crippen molar-refractivity contribution < 1.29 is 19.0 Å². The zero-order chi connectivity index (χ0) is 20.1. The summed E-state index contributed by atoms with van der Waals surface area (Å²) < 4.78 is 18.6. The summed E-state index contributed by atoms with van der Waals surface area (Å²) in [5, 5.41) is 12.0. The molecule has 0 fully saturated rings.